The molecule has 0 saturated carbocycles. The van der Waals surface area contributed by atoms with Crippen LogP contribution in [0.25, 0.3) is 9.40 Å². The van der Waals surface area contributed by atoms with Crippen LogP contribution in [0.1, 0.15) is 41.5 Å². The lowest BCUT2D eigenvalue weighted by Crippen LogP contribution is -2.41. The maximum atomic E-state index is 6.15. The van der Waals surface area contributed by atoms with Crippen LogP contribution in [0, 0.1) is 0 Å². The molecule has 25 heavy (non-hydrogen) atoms. The summed E-state index contributed by atoms with van der Waals surface area (Å²) >= 11 is 3.39. The van der Waals surface area contributed by atoms with Gasteiger partial charge in [-0.3, -0.25) is 0 Å². The summed E-state index contributed by atoms with van der Waals surface area (Å²) in [7, 11) is -0.678. The van der Waals surface area contributed by atoms with Gasteiger partial charge >= 0.3 is 14.2 Å². The largest absolute Gasteiger partial charge is 0.574 e. The van der Waals surface area contributed by atoms with Crippen molar-refractivity contribution in [2.45, 2.75) is 58.3 Å². The highest BCUT2D eigenvalue weighted by atomic mass is 32.1. The van der Waals surface area contributed by atoms with Crippen LogP contribution < -0.4 is 9.55 Å². The normalized spacial score (nSPS) is 24.3. The third-order valence-electron chi connectivity index (χ3n) is 5.29. The van der Waals surface area contributed by atoms with Crippen molar-refractivity contribution in [3.05, 3.63) is 24.5 Å². The first kappa shape index (κ1) is 17.6. The molecule has 2 aliphatic rings. The van der Waals surface area contributed by atoms with E-state index in [0.29, 0.717) is 5.76 Å². The fraction of sp³-hybridized carbons (Fsp3) is 0.529. The lowest BCUT2D eigenvalue weighted by atomic mass is 9.88. The van der Waals surface area contributed by atoms with Crippen LogP contribution in [0.15, 0.2) is 24.5 Å². The first-order valence-electron chi connectivity index (χ1n) is 8.41. The fourth-order valence-corrected chi connectivity index (χ4v) is 5.15. The third-order valence-corrected chi connectivity index (χ3v) is 7.62. The standard InChI is InChI=1S/C17H22B2O4S2/c1-10-15(2,3)21-18(20-10)13-8-11-12(24-13)9-14(25-11)19-22-16(4,5)17(6,7)23-19/h8-9H,1H2,2-7H3. The van der Waals surface area contributed by atoms with Crippen molar-refractivity contribution in [2.75, 3.05) is 0 Å². The summed E-state index contributed by atoms with van der Waals surface area (Å²) in [6.45, 7) is 16.2. The van der Waals surface area contributed by atoms with Crippen LogP contribution in [-0.4, -0.2) is 31.0 Å². The van der Waals surface area contributed by atoms with E-state index in [-0.39, 0.29) is 25.4 Å². The molecule has 0 radical (unpaired) electrons. The molecule has 0 atom stereocenters. The average Bonchev–Trinajstić information content (AvgIpc) is 3.12. The minimum absolute atomic E-state index is 0.309. The molecule has 4 nitrogen and oxygen atoms in total. The Morgan fingerprint density at radius 2 is 1.28 bits per heavy atom. The van der Waals surface area contributed by atoms with Crippen LogP contribution >= 0.6 is 22.7 Å². The molecule has 2 aromatic rings. The molecule has 2 fully saturated rings. The zero-order valence-electron chi connectivity index (χ0n) is 15.5. The molecular formula is C17H22B2O4S2. The highest BCUT2D eigenvalue weighted by Crippen LogP contribution is 2.38. The Morgan fingerprint density at radius 1 is 0.800 bits per heavy atom. The van der Waals surface area contributed by atoms with E-state index in [1.807, 2.05) is 13.8 Å². The molecular weight excluding hydrogens is 354 g/mol. The van der Waals surface area contributed by atoms with E-state index in [2.05, 4.69) is 46.4 Å². The highest BCUT2D eigenvalue weighted by Gasteiger charge is 2.52. The molecule has 0 N–H and O–H groups in total. The molecule has 0 amide bonds. The van der Waals surface area contributed by atoms with Crippen molar-refractivity contribution in [2.24, 2.45) is 0 Å². The molecule has 8 heteroatoms. The number of hydrogen-bond donors (Lipinski definition) is 0. The second kappa shape index (κ2) is 5.36. The number of hydrogen-bond acceptors (Lipinski definition) is 6. The van der Waals surface area contributed by atoms with E-state index in [1.165, 1.54) is 9.40 Å². The fourth-order valence-electron chi connectivity index (χ4n) is 2.81. The van der Waals surface area contributed by atoms with Gasteiger partial charge in [-0.2, -0.15) is 0 Å². The van der Waals surface area contributed by atoms with Gasteiger partial charge in [-0.05, 0) is 53.7 Å². The maximum absolute atomic E-state index is 6.15. The van der Waals surface area contributed by atoms with E-state index >= 15 is 0 Å². The summed E-state index contributed by atoms with van der Waals surface area (Å²) in [5.74, 6) is 0.673. The first-order chi connectivity index (χ1) is 11.5. The number of thiophene rings is 2. The Morgan fingerprint density at radius 3 is 1.72 bits per heavy atom. The van der Waals surface area contributed by atoms with Crippen molar-refractivity contribution < 1.29 is 18.6 Å². The zero-order chi connectivity index (χ0) is 18.2. The second-order valence-electron chi connectivity index (χ2n) is 8.12. The molecule has 0 aliphatic carbocycles. The SMILES string of the molecule is C=C1OB(c2cc3sc(B4OC(C)(C)C(C)(C)O4)cc3s2)OC1(C)C. The van der Waals surface area contributed by atoms with Gasteiger partial charge in [0.25, 0.3) is 0 Å². The summed E-state index contributed by atoms with van der Waals surface area (Å²) in [6, 6.07) is 4.30. The predicted octanol–water partition coefficient (Wildman–Crippen LogP) is 3.30. The Hall–Kier alpha value is -0.790. The minimum Gasteiger partial charge on any atom is -0.533 e. The van der Waals surface area contributed by atoms with E-state index < -0.39 is 5.60 Å². The number of fused-ring (bicyclic) bond motifs is 1. The van der Waals surface area contributed by atoms with Crippen molar-refractivity contribution in [3.63, 3.8) is 0 Å². The van der Waals surface area contributed by atoms with Gasteiger partial charge in [0, 0.05) is 14.2 Å². The van der Waals surface area contributed by atoms with Gasteiger partial charge < -0.3 is 18.6 Å². The summed E-state index contributed by atoms with van der Waals surface area (Å²) in [5, 5.41) is 0. The smallest absolute Gasteiger partial charge is 0.533 e. The van der Waals surface area contributed by atoms with Crippen molar-refractivity contribution >= 4 is 55.9 Å². The molecule has 0 aromatic carbocycles. The van der Waals surface area contributed by atoms with Gasteiger partial charge in [0.2, 0.25) is 0 Å². The lowest BCUT2D eigenvalue weighted by Gasteiger charge is -2.32. The minimum atomic E-state index is -0.448. The van der Waals surface area contributed by atoms with Gasteiger partial charge in [-0.1, -0.05) is 6.58 Å². The molecule has 4 rings (SSSR count). The quantitative estimate of drug-likeness (QED) is 0.754. The molecule has 0 unspecified atom stereocenters. The Kier molecular flexibility index (Phi) is 3.78. The third kappa shape index (κ3) is 2.79. The molecule has 2 saturated heterocycles. The van der Waals surface area contributed by atoms with Crippen LogP contribution in [-0.2, 0) is 18.6 Å². The second-order valence-corrected chi connectivity index (χ2v) is 10.3. The summed E-state index contributed by atoms with van der Waals surface area (Å²) in [5.41, 5.74) is -1.09. The highest BCUT2D eigenvalue weighted by molar-refractivity contribution is 7.36. The molecule has 2 aromatic heterocycles. The van der Waals surface area contributed by atoms with Crippen LogP contribution in [0.2, 0.25) is 0 Å². The monoisotopic (exact) mass is 376 g/mol. The first-order valence-corrected chi connectivity index (χ1v) is 10.0. The molecule has 2 aliphatic heterocycles. The molecule has 0 spiro atoms. The summed E-state index contributed by atoms with van der Waals surface area (Å²) in [6.07, 6.45) is 0. The number of rotatable bonds is 2. The van der Waals surface area contributed by atoms with Crippen LogP contribution in [0.4, 0.5) is 0 Å². The Labute approximate surface area is 157 Å². The molecule has 132 valence electrons. The van der Waals surface area contributed by atoms with Gasteiger partial charge in [0.15, 0.2) is 0 Å². The van der Waals surface area contributed by atoms with Gasteiger partial charge in [0.05, 0.1) is 21.7 Å². The zero-order valence-corrected chi connectivity index (χ0v) is 17.1. The van der Waals surface area contributed by atoms with Gasteiger partial charge in [0.1, 0.15) is 5.60 Å². The molecule has 4 heterocycles. The van der Waals surface area contributed by atoms with Gasteiger partial charge in [-0.25, -0.2) is 0 Å². The Balaban J connectivity index is 1.58. The van der Waals surface area contributed by atoms with E-state index in [0.717, 1.165) is 9.55 Å². The summed E-state index contributed by atoms with van der Waals surface area (Å²) in [4.78, 5) is 0. The van der Waals surface area contributed by atoms with Crippen molar-refractivity contribution in [1.29, 1.82) is 0 Å². The predicted molar refractivity (Wildman–Crippen MR) is 106 cm³/mol. The maximum Gasteiger partial charge on any atom is 0.574 e. The van der Waals surface area contributed by atoms with E-state index in [1.54, 1.807) is 22.7 Å². The topological polar surface area (TPSA) is 36.9 Å². The average molecular weight is 376 g/mol. The van der Waals surface area contributed by atoms with Crippen molar-refractivity contribution in [1.82, 2.24) is 0 Å². The van der Waals surface area contributed by atoms with E-state index in [9.17, 15) is 0 Å². The summed E-state index contributed by atoms with van der Waals surface area (Å²) < 4.78 is 28.6. The van der Waals surface area contributed by atoms with E-state index in [4.69, 9.17) is 18.6 Å². The van der Waals surface area contributed by atoms with Crippen molar-refractivity contribution in [3.8, 4) is 0 Å². The van der Waals surface area contributed by atoms with Crippen LogP contribution in [0.5, 0.6) is 0 Å². The lowest BCUT2D eigenvalue weighted by molar-refractivity contribution is 0.00578. The van der Waals surface area contributed by atoms with Gasteiger partial charge in [-0.15, -0.1) is 22.7 Å². The Bertz CT molecular complexity index is 805. The van der Waals surface area contributed by atoms with Crippen LogP contribution in [0.3, 0.4) is 0 Å². The molecule has 0 bridgehead atoms.